The van der Waals surface area contributed by atoms with Crippen LogP contribution in [0, 0.1) is 11.3 Å². The van der Waals surface area contributed by atoms with Crippen molar-refractivity contribution >= 4 is 17.8 Å². The standard InChI is InChI=1S/C12H18N2O3.Na.H/c1-4-6-8(3)12(7-5-2)9(15)13-11(17)14-10(12)16;;/h5,8H,2,4,6-7H2,1,3H3,(H2,13,14,15,16,17);;/q;+1;-1/t8-;;/m1../s1. The molecule has 4 amide bonds. The molecule has 18 heavy (non-hydrogen) atoms. The van der Waals surface area contributed by atoms with Gasteiger partial charge in [-0.15, -0.1) is 6.58 Å². The smallest absolute Gasteiger partial charge is 1.00 e. The first-order valence-corrected chi connectivity index (χ1v) is 5.76. The van der Waals surface area contributed by atoms with Gasteiger partial charge in [-0.3, -0.25) is 20.2 Å². The third-order valence-electron chi connectivity index (χ3n) is 3.29. The molecular weight excluding hydrogens is 243 g/mol. The summed E-state index contributed by atoms with van der Waals surface area (Å²) in [4.78, 5) is 35.1. The van der Waals surface area contributed by atoms with Crippen molar-refractivity contribution in [3.05, 3.63) is 12.7 Å². The maximum absolute atomic E-state index is 12.0. The van der Waals surface area contributed by atoms with Crippen molar-refractivity contribution < 1.29 is 45.4 Å². The third kappa shape index (κ3) is 3.02. The molecule has 1 fully saturated rings. The van der Waals surface area contributed by atoms with Gasteiger partial charge < -0.3 is 1.43 Å². The maximum atomic E-state index is 12.0. The van der Waals surface area contributed by atoms with Crippen LogP contribution in [-0.4, -0.2) is 17.8 Å². The van der Waals surface area contributed by atoms with Gasteiger partial charge in [-0.05, 0) is 18.8 Å². The van der Waals surface area contributed by atoms with Gasteiger partial charge in [0.05, 0.1) is 0 Å². The van der Waals surface area contributed by atoms with Crippen molar-refractivity contribution in [3.63, 3.8) is 0 Å². The average molecular weight is 262 g/mol. The third-order valence-corrected chi connectivity index (χ3v) is 3.29. The number of rotatable bonds is 5. The number of amides is 4. The molecule has 0 bridgehead atoms. The minimum atomic E-state index is -1.20. The van der Waals surface area contributed by atoms with E-state index in [1.807, 2.05) is 13.8 Å². The van der Waals surface area contributed by atoms with Gasteiger partial charge in [-0.2, -0.15) is 0 Å². The van der Waals surface area contributed by atoms with Crippen LogP contribution in [0.1, 0.15) is 34.5 Å². The first kappa shape index (κ1) is 17.4. The van der Waals surface area contributed by atoms with E-state index in [4.69, 9.17) is 0 Å². The monoisotopic (exact) mass is 262 g/mol. The zero-order chi connectivity index (χ0) is 13.1. The Bertz CT molecular complexity index is 354. The van der Waals surface area contributed by atoms with E-state index in [1.54, 1.807) is 6.08 Å². The van der Waals surface area contributed by atoms with Crippen LogP contribution in [0.2, 0.25) is 0 Å². The SMILES string of the molecule is C=CCC1([C@H](C)CCC)C(=O)NC(=O)NC1=O.[H-].[Na+]. The van der Waals surface area contributed by atoms with Crippen molar-refractivity contribution in [2.24, 2.45) is 11.3 Å². The Morgan fingerprint density at radius 1 is 1.33 bits per heavy atom. The molecule has 0 radical (unpaired) electrons. The molecule has 6 heteroatoms. The fourth-order valence-electron chi connectivity index (χ4n) is 2.30. The molecule has 2 N–H and O–H groups in total. The first-order valence-electron chi connectivity index (χ1n) is 5.76. The van der Waals surface area contributed by atoms with Crippen LogP contribution in [0.25, 0.3) is 0 Å². The molecule has 0 aliphatic carbocycles. The minimum absolute atomic E-state index is 0. The summed E-state index contributed by atoms with van der Waals surface area (Å²) in [6.45, 7) is 7.42. The van der Waals surface area contributed by atoms with Gasteiger partial charge in [0.15, 0.2) is 0 Å². The fourth-order valence-corrected chi connectivity index (χ4v) is 2.30. The molecule has 0 aromatic heterocycles. The Kier molecular flexibility index (Phi) is 6.81. The van der Waals surface area contributed by atoms with Crippen LogP contribution in [0.5, 0.6) is 0 Å². The number of nitrogens with one attached hydrogen (secondary N) is 2. The van der Waals surface area contributed by atoms with E-state index in [-0.39, 0.29) is 43.3 Å². The average Bonchev–Trinajstić information content (AvgIpc) is 2.23. The van der Waals surface area contributed by atoms with Crippen LogP contribution in [0.4, 0.5) is 4.79 Å². The Labute approximate surface area is 131 Å². The number of carbonyl (C=O) groups excluding carboxylic acids is 3. The van der Waals surface area contributed by atoms with Crippen molar-refractivity contribution in [3.8, 4) is 0 Å². The molecule has 96 valence electrons. The van der Waals surface area contributed by atoms with E-state index in [0.29, 0.717) is 0 Å². The number of carbonyl (C=O) groups is 3. The summed E-state index contributed by atoms with van der Waals surface area (Å²) in [5, 5.41) is 4.33. The second-order valence-corrected chi connectivity index (χ2v) is 4.39. The molecular formula is C12H19N2NaO3. The second-order valence-electron chi connectivity index (χ2n) is 4.39. The molecule has 1 aliphatic rings. The summed E-state index contributed by atoms with van der Waals surface area (Å²) in [7, 11) is 0. The molecule has 0 aromatic carbocycles. The summed E-state index contributed by atoms with van der Waals surface area (Å²) in [5.41, 5.74) is -1.20. The Balaban J connectivity index is 0. The number of hydrogen-bond donors (Lipinski definition) is 2. The first-order chi connectivity index (χ1) is 7.98. The van der Waals surface area contributed by atoms with Gasteiger partial charge in [0.1, 0.15) is 5.41 Å². The summed E-state index contributed by atoms with van der Waals surface area (Å²) in [5.74, 6) is -1.18. The van der Waals surface area contributed by atoms with E-state index in [0.717, 1.165) is 12.8 Å². The van der Waals surface area contributed by atoms with E-state index in [9.17, 15) is 14.4 Å². The van der Waals surface area contributed by atoms with E-state index in [2.05, 4.69) is 17.2 Å². The Morgan fingerprint density at radius 2 is 1.83 bits per heavy atom. The molecule has 1 rings (SSSR count). The molecule has 1 saturated heterocycles. The quantitative estimate of drug-likeness (QED) is 0.358. The number of urea groups is 1. The topological polar surface area (TPSA) is 75.3 Å². The van der Waals surface area contributed by atoms with E-state index < -0.39 is 23.3 Å². The number of allylic oxidation sites excluding steroid dienone is 1. The van der Waals surface area contributed by atoms with E-state index >= 15 is 0 Å². The summed E-state index contributed by atoms with van der Waals surface area (Å²) < 4.78 is 0. The molecule has 5 nitrogen and oxygen atoms in total. The zero-order valence-electron chi connectivity index (χ0n) is 12.2. The van der Waals surface area contributed by atoms with Gasteiger partial charge in [0.25, 0.3) is 0 Å². The predicted molar refractivity (Wildman–Crippen MR) is 64.1 cm³/mol. The van der Waals surface area contributed by atoms with Crippen molar-refractivity contribution in [2.75, 3.05) is 0 Å². The molecule has 1 heterocycles. The van der Waals surface area contributed by atoms with Crippen LogP contribution < -0.4 is 40.2 Å². The summed E-state index contributed by atoms with van der Waals surface area (Å²) in [6.07, 6.45) is 3.39. The van der Waals surface area contributed by atoms with Crippen molar-refractivity contribution in [1.29, 1.82) is 0 Å². The molecule has 1 aliphatic heterocycles. The number of imide groups is 2. The predicted octanol–water partition coefficient (Wildman–Crippen LogP) is -1.53. The summed E-state index contributed by atoms with van der Waals surface area (Å²) >= 11 is 0. The fraction of sp³-hybridized carbons (Fsp3) is 0.583. The zero-order valence-corrected chi connectivity index (χ0v) is 13.2. The van der Waals surface area contributed by atoms with Gasteiger partial charge >= 0.3 is 35.6 Å². The second kappa shape index (κ2) is 7.07. The van der Waals surface area contributed by atoms with Crippen LogP contribution in [0.15, 0.2) is 12.7 Å². The van der Waals surface area contributed by atoms with Gasteiger partial charge in [-0.1, -0.05) is 26.3 Å². The van der Waals surface area contributed by atoms with Crippen LogP contribution in [-0.2, 0) is 9.59 Å². The largest absolute Gasteiger partial charge is 1.00 e. The van der Waals surface area contributed by atoms with E-state index in [1.165, 1.54) is 0 Å². The van der Waals surface area contributed by atoms with Crippen LogP contribution >= 0.6 is 0 Å². The van der Waals surface area contributed by atoms with Gasteiger partial charge in [-0.25, -0.2) is 4.79 Å². The Morgan fingerprint density at radius 3 is 2.22 bits per heavy atom. The molecule has 1 atom stereocenters. The van der Waals surface area contributed by atoms with Crippen molar-refractivity contribution in [1.82, 2.24) is 10.6 Å². The van der Waals surface area contributed by atoms with Crippen LogP contribution in [0.3, 0.4) is 0 Å². The number of hydrogen-bond acceptors (Lipinski definition) is 3. The van der Waals surface area contributed by atoms with Gasteiger partial charge in [0.2, 0.25) is 11.8 Å². The van der Waals surface area contributed by atoms with Crippen molar-refractivity contribution in [2.45, 2.75) is 33.1 Å². The normalized spacial score (nSPS) is 19.3. The molecule has 0 unspecified atom stereocenters. The Hall–Kier alpha value is -0.650. The molecule has 0 spiro atoms. The summed E-state index contributed by atoms with van der Waals surface area (Å²) in [6, 6.07) is -0.747. The molecule has 0 saturated carbocycles. The minimum Gasteiger partial charge on any atom is -1.00 e. The van der Waals surface area contributed by atoms with Gasteiger partial charge in [0, 0.05) is 0 Å². The molecule has 0 aromatic rings. The number of barbiturate groups is 1. The maximum Gasteiger partial charge on any atom is 1.00 e.